The second kappa shape index (κ2) is 6.97. The van der Waals surface area contributed by atoms with Crippen LogP contribution in [0.4, 0.5) is 0 Å². The van der Waals surface area contributed by atoms with Gasteiger partial charge in [0.15, 0.2) is 6.10 Å². The number of hydrogen-bond donors (Lipinski definition) is 0. The number of epoxide rings is 1. The van der Waals surface area contributed by atoms with Gasteiger partial charge in [-0.3, -0.25) is 9.59 Å². The molecule has 0 N–H and O–H groups in total. The molecule has 1 aromatic heterocycles. The molecule has 0 amide bonds. The lowest BCUT2D eigenvalue weighted by atomic mass is 9.36. The first-order valence-electron chi connectivity index (χ1n) is 13.3. The highest BCUT2D eigenvalue weighted by Gasteiger charge is 2.90. The van der Waals surface area contributed by atoms with Crippen molar-refractivity contribution in [3.05, 3.63) is 24.2 Å². The number of fused-ring (bicyclic) bond motifs is 1. The summed E-state index contributed by atoms with van der Waals surface area (Å²) in [6, 6.07) is 1.83. The van der Waals surface area contributed by atoms with Crippen LogP contribution in [0.2, 0.25) is 0 Å². The zero-order valence-corrected chi connectivity index (χ0v) is 21.9. The van der Waals surface area contributed by atoms with Gasteiger partial charge in [-0.1, -0.05) is 13.8 Å². The Morgan fingerprint density at radius 3 is 2.57 bits per heavy atom. The minimum atomic E-state index is -0.918. The highest BCUT2D eigenvalue weighted by atomic mass is 16.7. The Balaban J connectivity index is 1.43. The van der Waals surface area contributed by atoms with Crippen molar-refractivity contribution in [2.24, 2.45) is 28.1 Å². The minimum Gasteiger partial charge on any atom is -0.472 e. The van der Waals surface area contributed by atoms with Gasteiger partial charge in [0, 0.05) is 34.7 Å². The molecule has 1 aromatic rings. The van der Waals surface area contributed by atoms with E-state index in [1.807, 2.05) is 6.07 Å². The lowest BCUT2D eigenvalue weighted by molar-refractivity contribution is -0.265. The Bertz CT molecular complexity index is 1190. The minimum absolute atomic E-state index is 0.00121. The molecule has 2 aliphatic carbocycles. The first-order valence-corrected chi connectivity index (χ1v) is 13.3. The SMILES string of the molecule is CC(=O)O[C@@H]1C[C@@H]2C(C)(C)O[C@@H]3CC(=O)OC[C@@]23[C@H]2CC[C@]3(C)[C@H](c4ccoc4)OC(=O)[C@@H]4O[C@@]43[C@]21C. The highest BCUT2D eigenvalue weighted by molar-refractivity contribution is 5.82. The predicted octanol–water partition coefficient (Wildman–Crippen LogP) is 3.50. The van der Waals surface area contributed by atoms with Gasteiger partial charge in [-0.15, -0.1) is 0 Å². The highest BCUT2D eigenvalue weighted by Crippen LogP contribution is 2.80. The van der Waals surface area contributed by atoms with E-state index in [0.29, 0.717) is 6.42 Å². The van der Waals surface area contributed by atoms with E-state index >= 15 is 0 Å². The van der Waals surface area contributed by atoms with Gasteiger partial charge in [-0.2, -0.15) is 0 Å². The molecule has 4 saturated heterocycles. The number of carbonyl (C=O) groups is 3. The zero-order chi connectivity index (χ0) is 26.2. The standard InChI is InChI=1S/C28H34O9/c1-14(29)34-18-10-17-24(2,3)36-19-11-20(30)33-13-27(17,19)16-6-8-25(4)21(15-7-9-32-12-15)35-23(31)22-28(25,37-22)26(16,18)5/h7,9,12,16-19,21-22H,6,8,10-11,13H2,1-5H3/t16-,17+,18+,19+,21-,22-,25+,26+,27+,28-/m0/s1. The van der Waals surface area contributed by atoms with Crippen molar-refractivity contribution < 1.29 is 42.5 Å². The molecule has 200 valence electrons. The zero-order valence-electron chi connectivity index (χ0n) is 21.9. The Labute approximate surface area is 215 Å². The molecule has 6 fully saturated rings. The number of carbonyl (C=O) groups excluding carboxylic acids is 3. The molecule has 10 atom stereocenters. The van der Waals surface area contributed by atoms with Gasteiger partial charge in [0.25, 0.3) is 0 Å². The number of esters is 3. The van der Waals surface area contributed by atoms with E-state index in [0.717, 1.165) is 18.4 Å². The lowest BCUT2D eigenvalue weighted by Gasteiger charge is -2.67. The smallest absolute Gasteiger partial charge is 0.339 e. The van der Waals surface area contributed by atoms with Crippen molar-refractivity contribution in [1.82, 2.24) is 0 Å². The van der Waals surface area contributed by atoms with E-state index in [4.69, 9.17) is 28.1 Å². The molecule has 0 unspecified atom stereocenters. The first-order chi connectivity index (χ1) is 17.4. The molecular weight excluding hydrogens is 480 g/mol. The number of rotatable bonds is 2. The fourth-order valence-electron chi connectivity index (χ4n) is 9.97. The van der Waals surface area contributed by atoms with Crippen LogP contribution in [0.3, 0.4) is 0 Å². The predicted molar refractivity (Wildman–Crippen MR) is 125 cm³/mol. The molecule has 0 aromatic carbocycles. The summed E-state index contributed by atoms with van der Waals surface area (Å²) >= 11 is 0. The fourth-order valence-corrected chi connectivity index (χ4v) is 9.97. The maximum atomic E-state index is 13.4. The van der Waals surface area contributed by atoms with Crippen LogP contribution in [-0.2, 0) is 38.1 Å². The molecule has 9 nitrogen and oxygen atoms in total. The number of ether oxygens (including phenoxy) is 5. The van der Waals surface area contributed by atoms with Crippen molar-refractivity contribution in [2.45, 2.75) is 95.9 Å². The van der Waals surface area contributed by atoms with E-state index in [2.05, 4.69) is 27.7 Å². The molecule has 7 rings (SSSR count). The van der Waals surface area contributed by atoms with Crippen LogP contribution in [0.25, 0.3) is 0 Å². The van der Waals surface area contributed by atoms with Crippen LogP contribution in [-0.4, -0.2) is 54.0 Å². The summed E-state index contributed by atoms with van der Waals surface area (Å²) < 4.78 is 36.5. The maximum absolute atomic E-state index is 13.4. The largest absolute Gasteiger partial charge is 0.472 e. The van der Waals surface area contributed by atoms with E-state index in [1.165, 1.54) is 6.92 Å². The molecule has 0 radical (unpaired) electrons. The summed E-state index contributed by atoms with van der Waals surface area (Å²) in [6.45, 7) is 10.1. The van der Waals surface area contributed by atoms with Crippen LogP contribution in [0.1, 0.15) is 72.0 Å². The Morgan fingerprint density at radius 2 is 1.86 bits per heavy atom. The summed E-state index contributed by atoms with van der Waals surface area (Å²) in [7, 11) is 0. The summed E-state index contributed by atoms with van der Waals surface area (Å²) in [5.74, 6) is -1.09. The van der Waals surface area contributed by atoms with E-state index in [-0.39, 0.29) is 42.9 Å². The molecule has 5 heterocycles. The molecule has 37 heavy (non-hydrogen) atoms. The van der Waals surface area contributed by atoms with Crippen molar-refractivity contribution in [2.75, 3.05) is 6.61 Å². The number of cyclic esters (lactones) is 2. The van der Waals surface area contributed by atoms with Gasteiger partial charge in [0.1, 0.15) is 24.4 Å². The topological polar surface area (TPSA) is 114 Å². The van der Waals surface area contributed by atoms with Gasteiger partial charge in [0.2, 0.25) is 0 Å². The van der Waals surface area contributed by atoms with E-state index < -0.39 is 51.7 Å². The normalized spacial score (nSPS) is 50.8. The third kappa shape index (κ3) is 2.56. The maximum Gasteiger partial charge on any atom is 0.339 e. The molecule has 6 aliphatic rings. The molecule has 0 bridgehead atoms. The average molecular weight is 515 g/mol. The van der Waals surface area contributed by atoms with Crippen LogP contribution < -0.4 is 0 Å². The first kappa shape index (κ1) is 23.7. The van der Waals surface area contributed by atoms with Gasteiger partial charge in [-0.25, -0.2) is 4.79 Å². The Kier molecular flexibility index (Phi) is 4.47. The van der Waals surface area contributed by atoms with Gasteiger partial charge in [-0.05, 0) is 45.1 Å². The van der Waals surface area contributed by atoms with Crippen LogP contribution >= 0.6 is 0 Å². The third-order valence-corrected chi connectivity index (χ3v) is 11.3. The van der Waals surface area contributed by atoms with Crippen LogP contribution in [0, 0.1) is 28.1 Å². The van der Waals surface area contributed by atoms with Crippen LogP contribution in [0.15, 0.2) is 23.0 Å². The number of hydrogen-bond acceptors (Lipinski definition) is 9. The van der Waals surface area contributed by atoms with Gasteiger partial charge < -0.3 is 28.1 Å². The Morgan fingerprint density at radius 1 is 1.08 bits per heavy atom. The van der Waals surface area contributed by atoms with Crippen molar-refractivity contribution in [1.29, 1.82) is 0 Å². The molecular formula is C28H34O9. The van der Waals surface area contributed by atoms with Crippen molar-refractivity contribution in [3.8, 4) is 0 Å². The lowest BCUT2D eigenvalue weighted by Crippen LogP contribution is -2.74. The second-order valence-corrected chi connectivity index (χ2v) is 13.0. The number of furan rings is 1. The van der Waals surface area contributed by atoms with Gasteiger partial charge in [0.05, 0.1) is 30.7 Å². The Hall–Kier alpha value is -2.39. The summed E-state index contributed by atoms with van der Waals surface area (Å²) in [6.07, 6.45) is 3.28. The summed E-state index contributed by atoms with van der Waals surface area (Å²) in [5.41, 5.74) is -2.47. The summed E-state index contributed by atoms with van der Waals surface area (Å²) in [5, 5.41) is 0. The second-order valence-electron chi connectivity index (χ2n) is 13.0. The quantitative estimate of drug-likeness (QED) is 0.332. The van der Waals surface area contributed by atoms with E-state index in [1.54, 1.807) is 12.5 Å². The van der Waals surface area contributed by atoms with Crippen molar-refractivity contribution in [3.63, 3.8) is 0 Å². The average Bonchev–Trinajstić information content (AvgIpc) is 3.30. The monoisotopic (exact) mass is 514 g/mol. The third-order valence-electron chi connectivity index (χ3n) is 11.3. The summed E-state index contributed by atoms with van der Waals surface area (Å²) in [4.78, 5) is 38.3. The van der Waals surface area contributed by atoms with Crippen LogP contribution in [0.5, 0.6) is 0 Å². The molecule has 4 aliphatic heterocycles. The molecule has 9 heteroatoms. The van der Waals surface area contributed by atoms with Gasteiger partial charge >= 0.3 is 17.9 Å². The van der Waals surface area contributed by atoms with E-state index in [9.17, 15) is 14.4 Å². The van der Waals surface area contributed by atoms with Crippen molar-refractivity contribution >= 4 is 17.9 Å². The fraction of sp³-hybridized carbons (Fsp3) is 0.750. The molecule has 2 saturated carbocycles. The molecule has 2 spiro atoms.